The monoisotopic (exact) mass is 228 g/mol. The molecule has 86 valence electrons. The van der Waals surface area contributed by atoms with E-state index in [2.05, 4.69) is 4.74 Å². The quantitative estimate of drug-likeness (QED) is 0.629. The lowest BCUT2D eigenvalue weighted by molar-refractivity contribution is 0.144. The van der Waals surface area contributed by atoms with Crippen LogP contribution in [0.1, 0.15) is 5.56 Å². The highest BCUT2D eigenvalue weighted by atomic mass is 16.7. The van der Waals surface area contributed by atoms with Gasteiger partial charge < -0.3 is 9.84 Å². The van der Waals surface area contributed by atoms with E-state index in [1.807, 2.05) is 43.3 Å². The van der Waals surface area contributed by atoms with Gasteiger partial charge >= 0.3 is 6.16 Å². The smallest absolute Gasteiger partial charge is 0.449 e. The van der Waals surface area contributed by atoms with Crippen molar-refractivity contribution in [3.8, 4) is 16.9 Å². The van der Waals surface area contributed by atoms with Crippen LogP contribution in [0.4, 0.5) is 4.79 Å². The highest BCUT2D eigenvalue weighted by molar-refractivity contribution is 5.68. The SMILES string of the molecule is Cc1ccccc1-c1ccc(OC(=O)O)cc1. The van der Waals surface area contributed by atoms with Crippen molar-refractivity contribution in [2.45, 2.75) is 6.92 Å². The molecule has 0 bridgehead atoms. The maximum Gasteiger partial charge on any atom is 0.511 e. The molecule has 0 atom stereocenters. The summed E-state index contributed by atoms with van der Waals surface area (Å²) < 4.78 is 4.55. The molecule has 0 fully saturated rings. The largest absolute Gasteiger partial charge is 0.511 e. The molecule has 0 spiro atoms. The first-order chi connectivity index (χ1) is 8.16. The molecule has 2 aromatic rings. The zero-order valence-corrected chi connectivity index (χ0v) is 9.38. The molecule has 0 aliphatic carbocycles. The average Bonchev–Trinajstić information content (AvgIpc) is 2.30. The van der Waals surface area contributed by atoms with Gasteiger partial charge in [0.2, 0.25) is 0 Å². The highest BCUT2D eigenvalue weighted by Crippen LogP contribution is 2.25. The summed E-state index contributed by atoms with van der Waals surface area (Å²) in [4.78, 5) is 10.4. The molecule has 17 heavy (non-hydrogen) atoms. The minimum absolute atomic E-state index is 0.329. The van der Waals surface area contributed by atoms with Crippen LogP contribution in [0, 0.1) is 6.92 Å². The highest BCUT2D eigenvalue weighted by Gasteiger charge is 2.03. The third kappa shape index (κ3) is 2.64. The van der Waals surface area contributed by atoms with Crippen LogP contribution in [0.15, 0.2) is 48.5 Å². The normalized spacial score (nSPS) is 9.94. The third-order valence-corrected chi connectivity index (χ3v) is 2.52. The Hall–Kier alpha value is -2.29. The molecule has 0 aromatic heterocycles. The van der Waals surface area contributed by atoms with Crippen LogP contribution >= 0.6 is 0 Å². The first kappa shape index (κ1) is 11.2. The van der Waals surface area contributed by atoms with Crippen molar-refractivity contribution >= 4 is 6.16 Å². The molecule has 3 nitrogen and oxygen atoms in total. The predicted octanol–water partition coefficient (Wildman–Crippen LogP) is 3.72. The summed E-state index contributed by atoms with van der Waals surface area (Å²) in [7, 11) is 0. The number of carbonyl (C=O) groups is 1. The molecule has 2 rings (SSSR count). The van der Waals surface area contributed by atoms with Crippen molar-refractivity contribution in [1.29, 1.82) is 0 Å². The minimum atomic E-state index is -1.30. The van der Waals surface area contributed by atoms with Crippen molar-refractivity contribution in [3.05, 3.63) is 54.1 Å². The number of aryl methyl sites for hydroxylation is 1. The van der Waals surface area contributed by atoms with Gasteiger partial charge in [-0.25, -0.2) is 4.79 Å². The number of carboxylic acid groups (broad SMARTS) is 1. The molecule has 0 unspecified atom stereocenters. The van der Waals surface area contributed by atoms with Gasteiger partial charge in [-0.3, -0.25) is 0 Å². The van der Waals surface area contributed by atoms with E-state index >= 15 is 0 Å². The van der Waals surface area contributed by atoms with Gasteiger partial charge in [0.05, 0.1) is 0 Å². The number of ether oxygens (including phenoxy) is 1. The molecule has 3 heteroatoms. The van der Waals surface area contributed by atoms with Gasteiger partial charge in [0.1, 0.15) is 5.75 Å². The van der Waals surface area contributed by atoms with Crippen LogP contribution in [-0.4, -0.2) is 11.3 Å². The summed E-state index contributed by atoms with van der Waals surface area (Å²) in [5.74, 6) is 0.329. The zero-order valence-electron chi connectivity index (χ0n) is 9.38. The topological polar surface area (TPSA) is 46.5 Å². The molecule has 0 heterocycles. The summed E-state index contributed by atoms with van der Waals surface area (Å²) >= 11 is 0. The Balaban J connectivity index is 2.30. The first-order valence-electron chi connectivity index (χ1n) is 5.23. The first-order valence-corrected chi connectivity index (χ1v) is 5.23. The predicted molar refractivity (Wildman–Crippen MR) is 65.3 cm³/mol. The fourth-order valence-electron chi connectivity index (χ4n) is 1.70. The van der Waals surface area contributed by atoms with Gasteiger partial charge in [-0.2, -0.15) is 0 Å². The molecular weight excluding hydrogens is 216 g/mol. The van der Waals surface area contributed by atoms with Gasteiger partial charge in [-0.15, -0.1) is 0 Å². The van der Waals surface area contributed by atoms with Crippen molar-refractivity contribution in [2.75, 3.05) is 0 Å². The van der Waals surface area contributed by atoms with E-state index in [0.29, 0.717) is 5.75 Å². The van der Waals surface area contributed by atoms with E-state index < -0.39 is 6.16 Å². The Kier molecular flexibility index (Phi) is 3.10. The van der Waals surface area contributed by atoms with Gasteiger partial charge in [-0.05, 0) is 35.7 Å². The van der Waals surface area contributed by atoms with E-state index in [1.165, 1.54) is 5.56 Å². The lowest BCUT2D eigenvalue weighted by atomic mass is 10.0. The number of rotatable bonds is 2. The van der Waals surface area contributed by atoms with Crippen molar-refractivity contribution in [1.82, 2.24) is 0 Å². The second-order valence-electron chi connectivity index (χ2n) is 3.71. The Labute approximate surface area is 99.3 Å². The summed E-state index contributed by atoms with van der Waals surface area (Å²) in [6.45, 7) is 2.04. The standard InChI is InChI=1S/C14H12O3/c1-10-4-2-3-5-13(10)11-6-8-12(9-7-11)17-14(15)16/h2-9H,1H3,(H,15,16). The number of hydrogen-bond donors (Lipinski definition) is 1. The zero-order chi connectivity index (χ0) is 12.3. The van der Waals surface area contributed by atoms with Gasteiger partial charge in [-0.1, -0.05) is 36.4 Å². The van der Waals surface area contributed by atoms with E-state index in [0.717, 1.165) is 11.1 Å². The lowest BCUT2D eigenvalue weighted by Gasteiger charge is -2.06. The number of benzene rings is 2. The second-order valence-corrected chi connectivity index (χ2v) is 3.71. The van der Waals surface area contributed by atoms with E-state index in [-0.39, 0.29) is 0 Å². The number of hydrogen-bond acceptors (Lipinski definition) is 2. The fraction of sp³-hybridized carbons (Fsp3) is 0.0714. The van der Waals surface area contributed by atoms with Crippen LogP contribution in [0.25, 0.3) is 11.1 Å². The van der Waals surface area contributed by atoms with Crippen LogP contribution in [0.5, 0.6) is 5.75 Å². The second kappa shape index (κ2) is 4.70. The van der Waals surface area contributed by atoms with Crippen molar-refractivity contribution in [3.63, 3.8) is 0 Å². The van der Waals surface area contributed by atoms with Crippen LogP contribution < -0.4 is 4.74 Å². The van der Waals surface area contributed by atoms with Gasteiger partial charge in [0.25, 0.3) is 0 Å². The Bertz CT molecular complexity index is 529. The van der Waals surface area contributed by atoms with E-state index in [9.17, 15) is 4.79 Å². The van der Waals surface area contributed by atoms with E-state index in [1.54, 1.807) is 12.1 Å². The van der Waals surface area contributed by atoms with Crippen LogP contribution in [0.2, 0.25) is 0 Å². The molecule has 2 aromatic carbocycles. The molecule has 0 aliphatic rings. The molecular formula is C14H12O3. The Morgan fingerprint density at radius 2 is 1.71 bits per heavy atom. The molecule has 0 amide bonds. The van der Waals surface area contributed by atoms with Crippen molar-refractivity contribution < 1.29 is 14.6 Å². The van der Waals surface area contributed by atoms with E-state index in [4.69, 9.17) is 5.11 Å². The maximum atomic E-state index is 10.4. The van der Waals surface area contributed by atoms with Gasteiger partial charge in [0, 0.05) is 0 Å². The summed E-state index contributed by atoms with van der Waals surface area (Å²) in [6.07, 6.45) is -1.30. The molecule has 0 aliphatic heterocycles. The molecule has 0 radical (unpaired) electrons. The van der Waals surface area contributed by atoms with Crippen LogP contribution in [-0.2, 0) is 0 Å². The summed E-state index contributed by atoms with van der Waals surface area (Å²) in [5, 5.41) is 8.48. The van der Waals surface area contributed by atoms with Crippen LogP contribution in [0.3, 0.4) is 0 Å². The van der Waals surface area contributed by atoms with Crippen molar-refractivity contribution in [2.24, 2.45) is 0 Å². The summed E-state index contributed by atoms with van der Waals surface area (Å²) in [6, 6.07) is 15.0. The molecule has 0 saturated carbocycles. The Morgan fingerprint density at radius 3 is 2.29 bits per heavy atom. The molecule has 1 N–H and O–H groups in total. The maximum absolute atomic E-state index is 10.4. The Morgan fingerprint density at radius 1 is 1.06 bits per heavy atom. The summed E-state index contributed by atoms with van der Waals surface area (Å²) in [5.41, 5.74) is 3.36. The minimum Gasteiger partial charge on any atom is -0.449 e. The third-order valence-electron chi connectivity index (χ3n) is 2.52. The lowest BCUT2D eigenvalue weighted by Crippen LogP contribution is -2.02. The van der Waals surface area contributed by atoms with Gasteiger partial charge in [0.15, 0.2) is 0 Å². The average molecular weight is 228 g/mol. The fourth-order valence-corrected chi connectivity index (χ4v) is 1.70. The molecule has 0 saturated heterocycles.